The number of carbonyl (C=O) groups excluding carboxylic acids is 1. The maximum absolute atomic E-state index is 14.3. The lowest BCUT2D eigenvalue weighted by molar-refractivity contribution is -0.156. The molecule has 0 unspecified atom stereocenters. The highest BCUT2D eigenvalue weighted by molar-refractivity contribution is 9.10. The largest absolute Gasteiger partial charge is 0.461 e. The molecule has 0 saturated heterocycles. The molecule has 2 N–H and O–H groups in total. The number of hydrogen-bond acceptors (Lipinski definition) is 3. The van der Waals surface area contributed by atoms with E-state index in [1.54, 1.807) is 19.9 Å². The van der Waals surface area contributed by atoms with Crippen LogP contribution in [0.5, 0.6) is 0 Å². The fourth-order valence-corrected chi connectivity index (χ4v) is 2.62. The molecule has 0 saturated carbocycles. The zero-order valence-electron chi connectivity index (χ0n) is 13.2. The van der Waals surface area contributed by atoms with Crippen molar-refractivity contribution in [2.75, 3.05) is 0 Å². The van der Waals surface area contributed by atoms with E-state index in [1.165, 1.54) is 12.1 Å². The van der Waals surface area contributed by atoms with Crippen LogP contribution in [-0.2, 0) is 15.1 Å². The molecule has 3 nitrogen and oxygen atoms in total. The van der Waals surface area contributed by atoms with Crippen molar-refractivity contribution >= 4 is 21.9 Å². The van der Waals surface area contributed by atoms with Gasteiger partial charge in [0.2, 0.25) is 0 Å². The van der Waals surface area contributed by atoms with Gasteiger partial charge >= 0.3 is 5.97 Å². The highest BCUT2D eigenvalue weighted by atomic mass is 79.9. The molecule has 0 radical (unpaired) electrons. The Kier molecular flexibility index (Phi) is 5.56. The van der Waals surface area contributed by atoms with Crippen LogP contribution in [0.4, 0.5) is 4.39 Å². The Morgan fingerprint density at radius 1 is 1.38 bits per heavy atom. The van der Waals surface area contributed by atoms with Crippen LogP contribution in [0.25, 0.3) is 0 Å². The molecule has 0 heterocycles. The first-order valence-electron chi connectivity index (χ1n) is 6.91. The number of hydrogen-bond donors (Lipinski definition) is 1. The third-order valence-corrected chi connectivity index (χ3v) is 3.42. The fraction of sp³-hybridized carbons (Fsp3) is 0.562. The summed E-state index contributed by atoms with van der Waals surface area (Å²) < 4.78 is 20.2. The summed E-state index contributed by atoms with van der Waals surface area (Å²) in [5, 5.41) is 0. The molecule has 118 valence electrons. The van der Waals surface area contributed by atoms with E-state index in [0.29, 0.717) is 4.47 Å². The van der Waals surface area contributed by atoms with E-state index in [-0.39, 0.29) is 23.5 Å². The zero-order chi connectivity index (χ0) is 16.4. The van der Waals surface area contributed by atoms with Crippen molar-refractivity contribution in [1.29, 1.82) is 0 Å². The van der Waals surface area contributed by atoms with E-state index in [1.807, 2.05) is 20.8 Å². The molecule has 0 aromatic heterocycles. The van der Waals surface area contributed by atoms with Gasteiger partial charge in [-0.2, -0.15) is 0 Å². The first-order chi connectivity index (χ1) is 9.45. The van der Waals surface area contributed by atoms with Crippen LogP contribution in [0.15, 0.2) is 22.7 Å². The number of benzene rings is 1. The van der Waals surface area contributed by atoms with E-state index < -0.39 is 17.3 Å². The summed E-state index contributed by atoms with van der Waals surface area (Å²) in [6.45, 7) is 9.34. The maximum Gasteiger partial charge on any atom is 0.331 e. The molecule has 5 heteroatoms. The normalized spacial score (nSPS) is 14.9. The Labute approximate surface area is 134 Å². The van der Waals surface area contributed by atoms with Gasteiger partial charge < -0.3 is 10.5 Å². The molecule has 21 heavy (non-hydrogen) atoms. The standard InChI is InChI=1S/C16H23BrFNO2/c1-10(2)21-14(20)16(19,9-15(3,4)5)12-7-6-11(17)8-13(12)18/h6-8,10H,9,19H2,1-5H3/t16-/m1/s1. The molecule has 0 amide bonds. The Hall–Kier alpha value is -0.940. The highest BCUT2D eigenvalue weighted by Gasteiger charge is 2.43. The Bertz CT molecular complexity index is 525. The van der Waals surface area contributed by atoms with E-state index in [2.05, 4.69) is 15.9 Å². The summed E-state index contributed by atoms with van der Waals surface area (Å²) in [6.07, 6.45) is -0.0247. The quantitative estimate of drug-likeness (QED) is 0.822. The number of rotatable bonds is 4. The van der Waals surface area contributed by atoms with Crippen LogP contribution in [0.3, 0.4) is 0 Å². The van der Waals surface area contributed by atoms with Crippen molar-refractivity contribution in [3.8, 4) is 0 Å². The molecule has 1 atom stereocenters. The number of esters is 1. The lowest BCUT2D eigenvalue weighted by atomic mass is 9.76. The van der Waals surface area contributed by atoms with E-state index in [0.717, 1.165) is 0 Å². The molecule has 0 fully saturated rings. The topological polar surface area (TPSA) is 52.3 Å². The van der Waals surface area contributed by atoms with Gasteiger partial charge in [0.05, 0.1) is 6.10 Å². The number of ether oxygens (including phenoxy) is 1. The van der Waals surface area contributed by atoms with Gasteiger partial charge in [0.15, 0.2) is 0 Å². The summed E-state index contributed by atoms with van der Waals surface area (Å²) in [5.41, 5.74) is 4.71. The molecule has 1 aromatic rings. The molecule has 0 aliphatic heterocycles. The summed E-state index contributed by atoms with van der Waals surface area (Å²) in [7, 11) is 0. The zero-order valence-corrected chi connectivity index (χ0v) is 14.8. The van der Waals surface area contributed by atoms with Gasteiger partial charge in [-0.3, -0.25) is 0 Å². The van der Waals surface area contributed by atoms with Crippen LogP contribution in [-0.4, -0.2) is 12.1 Å². The fourth-order valence-electron chi connectivity index (χ4n) is 2.28. The van der Waals surface area contributed by atoms with Gasteiger partial charge in [0.25, 0.3) is 0 Å². The van der Waals surface area contributed by atoms with Crippen molar-refractivity contribution in [2.24, 2.45) is 11.1 Å². The van der Waals surface area contributed by atoms with Gasteiger partial charge in [-0.25, -0.2) is 9.18 Å². The summed E-state index contributed by atoms with van der Waals surface area (Å²) in [6, 6.07) is 4.51. The van der Waals surface area contributed by atoms with Crippen molar-refractivity contribution in [1.82, 2.24) is 0 Å². The Balaban J connectivity index is 3.33. The summed E-state index contributed by atoms with van der Waals surface area (Å²) >= 11 is 3.20. The second-order valence-electron chi connectivity index (χ2n) is 6.79. The van der Waals surface area contributed by atoms with Crippen molar-refractivity contribution in [3.05, 3.63) is 34.1 Å². The first-order valence-corrected chi connectivity index (χ1v) is 7.70. The van der Waals surface area contributed by atoms with Crippen LogP contribution >= 0.6 is 15.9 Å². The van der Waals surface area contributed by atoms with E-state index in [9.17, 15) is 9.18 Å². The minimum absolute atomic E-state index is 0.159. The summed E-state index contributed by atoms with van der Waals surface area (Å²) in [4.78, 5) is 12.5. The Morgan fingerprint density at radius 3 is 2.38 bits per heavy atom. The van der Waals surface area contributed by atoms with Crippen LogP contribution < -0.4 is 5.73 Å². The third-order valence-electron chi connectivity index (χ3n) is 2.93. The predicted octanol–water partition coefficient (Wildman–Crippen LogP) is 4.13. The number of carbonyl (C=O) groups is 1. The second kappa shape index (κ2) is 6.44. The van der Waals surface area contributed by atoms with E-state index in [4.69, 9.17) is 10.5 Å². The van der Waals surface area contributed by atoms with Gasteiger partial charge in [-0.15, -0.1) is 0 Å². The first kappa shape index (κ1) is 18.1. The minimum atomic E-state index is -1.51. The average molecular weight is 360 g/mol. The molecule has 0 spiro atoms. The molecule has 0 aliphatic rings. The van der Waals surface area contributed by atoms with Crippen LogP contribution in [0, 0.1) is 11.2 Å². The van der Waals surface area contributed by atoms with Crippen LogP contribution in [0.2, 0.25) is 0 Å². The molecule has 1 rings (SSSR count). The Morgan fingerprint density at radius 2 is 1.95 bits per heavy atom. The maximum atomic E-state index is 14.3. The second-order valence-corrected chi connectivity index (χ2v) is 7.70. The van der Waals surface area contributed by atoms with E-state index >= 15 is 0 Å². The number of halogens is 2. The summed E-state index contributed by atoms with van der Waals surface area (Å²) in [5.74, 6) is -1.12. The smallest absolute Gasteiger partial charge is 0.331 e. The third kappa shape index (κ3) is 4.78. The van der Waals surface area contributed by atoms with Crippen molar-refractivity contribution < 1.29 is 13.9 Å². The molecule has 1 aromatic carbocycles. The molecule has 0 bridgehead atoms. The number of nitrogens with two attached hydrogens (primary N) is 1. The molecule has 0 aliphatic carbocycles. The lowest BCUT2D eigenvalue weighted by Gasteiger charge is -2.34. The average Bonchev–Trinajstić information content (AvgIpc) is 2.24. The van der Waals surface area contributed by atoms with Gasteiger partial charge in [0, 0.05) is 10.0 Å². The van der Waals surface area contributed by atoms with Gasteiger partial charge in [0.1, 0.15) is 11.4 Å². The molecular formula is C16H23BrFNO2. The van der Waals surface area contributed by atoms with Gasteiger partial charge in [-0.05, 0) is 37.8 Å². The van der Waals surface area contributed by atoms with Crippen molar-refractivity contribution in [2.45, 2.75) is 52.7 Å². The monoisotopic (exact) mass is 359 g/mol. The van der Waals surface area contributed by atoms with Gasteiger partial charge in [-0.1, -0.05) is 42.8 Å². The minimum Gasteiger partial charge on any atom is -0.461 e. The molecular weight excluding hydrogens is 337 g/mol. The lowest BCUT2D eigenvalue weighted by Crippen LogP contribution is -2.49. The predicted molar refractivity (Wildman–Crippen MR) is 85.3 cm³/mol. The van der Waals surface area contributed by atoms with Crippen LogP contribution in [0.1, 0.15) is 46.6 Å². The van der Waals surface area contributed by atoms with Crippen molar-refractivity contribution in [3.63, 3.8) is 0 Å². The highest BCUT2D eigenvalue weighted by Crippen LogP contribution is 2.36. The SMILES string of the molecule is CC(C)OC(=O)[C@@](N)(CC(C)(C)C)c1ccc(Br)cc1F.